The van der Waals surface area contributed by atoms with Crippen LogP contribution in [0.4, 0.5) is 0 Å². The molecule has 1 rings (SSSR count). The number of rotatable bonds is 1. The van der Waals surface area contributed by atoms with Crippen molar-refractivity contribution in [1.82, 2.24) is 2.79 Å². The molecular formula is C16H31NSn. The van der Waals surface area contributed by atoms with Gasteiger partial charge in [0.05, 0.1) is 0 Å². The van der Waals surface area contributed by atoms with Crippen LogP contribution in [0.25, 0.3) is 0 Å². The molecule has 0 aliphatic heterocycles. The Bertz CT molecular complexity index is 346. The molecule has 0 fully saturated rings. The van der Waals surface area contributed by atoms with Crippen molar-refractivity contribution in [2.75, 3.05) is 0 Å². The molecule has 1 nitrogen and oxygen atoms in total. The summed E-state index contributed by atoms with van der Waals surface area (Å²) in [6.07, 6.45) is 4.63. The molecule has 0 amide bonds. The Morgan fingerprint density at radius 2 is 0.889 bits per heavy atom. The molecule has 1 heterocycles. The maximum absolute atomic E-state index is 2.76. The Hall–Kier alpha value is 0.0787. The van der Waals surface area contributed by atoms with E-state index < -0.39 is 18.7 Å². The van der Waals surface area contributed by atoms with Crippen molar-refractivity contribution >= 4 is 18.7 Å². The van der Waals surface area contributed by atoms with Crippen molar-refractivity contribution in [2.24, 2.45) is 0 Å². The molecule has 0 unspecified atom stereocenters. The van der Waals surface area contributed by atoms with E-state index in [0.717, 1.165) is 0 Å². The van der Waals surface area contributed by atoms with Gasteiger partial charge in [-0.2, -0.15) is 0 Å². The maximum atomic E-state index is 2.65. The molecule has 2 heteroatoms. The number of aromatic nitrogens is 1. The van der Waals surface area contributed by atoms with Gasteiger partial charge in [0.1, 0.15) is 0 Å². The van der Waals surface area contributed by atoms with Gasteiger partial charge < -0.3 is 0 Å². The molecule has 0 radical (unpaired) electrons. The molecule has 0 N–H and O–H groups in total. The summed E-state index contributed by atoms with van der Waals surface area (Å²) in [5.41, 5.74) is 0. The van der Waals surface area contributed by atoms with Gasteiger partial charge in [-0.3, -0.25) is 0 Å². The van der Waals surface area contributed by atoms with Gasteiger partial charge in [-0.25, -0.2) is 0 Å². The molecule has 1 aromatic rings. The normalized spacial score (nSPS) is 14.9. The van der Waals surface area contributed by atoms with Crippen LogP contribution >= 0.6 is 0 Å². The third-order valence-corrected chi connectivity index (χ3v) is 25.9. The van der Waals surface area contributed by atoms with Crippen molar-refractivity contribution in [3.8, 4) is 0 Å². The summed E-state index contributed by atoms with van der Waals surface area (Å²) >= 11 is -2.76. The number of nitrogens with zero attached hydrogens (tertiary/aromatic N) is 1. The predicted molar refractivity (Wildman–Crippen MR) is 84.7 cm³/mol. The fourth-order valence-corrected chi connectivity index (χ4v) is 32.8. The van der Waals surface area contributed by atoms with Crippen LogP contribution in [-0.2, 0) is 0 Å². The summed E-state index contributed by atoms with van der Waals surface area (Å²) in [6.45, 7) is 22.1. The molecule has 104 valence electrons. The van der Waals surface area contributed by atoms with Crippen molar-refractivity contribution in [3.05, 3.63) is 24.5 Å². The third kappa shape index (κ3) is 2.28. The van der Waals surface area contributed by atoms with E-state index in [0.29, 0.717) is 10.3 Å². The Morgan fingerprint density at radius 1 is 0.611 bits per heavy atom. The fraction of sp³-hybridized carbons (Fsp3) is 0.750. The number of hydrogen-bond donors (Lipinski definition) is 0. The van der Waals surface area contributed by atoms with Gasteiger partial charge in [0.2, 0.25) is 0 Å². The Balaban J connectivity index is 3.70. The fourth-order valence-electron chi connectivity index (χ4n) is 5.10. The van der Waals surface area contributed by atoms with Gasteiger partial charge in [0.15, 0.2) is 0 Å². The molecule has 0 atom stereocenters. The van der Waals surface area contributed by atoms with Crippen LogP contribution < -0.4 is 0 Å². The summed E-state index contributed by atoms with van der Waals surface area (Å²) in [7, 11) is 0. The number of hydrogen-bond acceptors (Lipinski definition) is 0. The third-order valence-electron chi connectivity index (χ3n) is 4.25. The monoisotopic (exact) mass is 357 g/mol. The van der Waals surface area contributed by atoms with Crippen LogP contribution in [0.2, 0.25) is 10.3 Å². The van der Waals surface area contributed by atoms with E-state index in [-0.39, 0.29) is 0 Å². The second-order valence-corrected chi connectivity index (χ2v) is 26.9. The average Bonchev–Trinajstić information content (AvgIpc) is 2.48. The van der Waals surface area contributed by atoms with E-state index >= 15 is 0 Å². The minimum atomic E-state index is -2.76. The Kier molecular flexibility index (Phi) is 4.10. The van der Waals surface area contributed by atoms with Crippen LogP contribution in [0.5, 0.6) is 0 Å². The zero-order valence-corrected chi connectivity index (χ0v) is 16.6. The molecule has 0 aliphatic rings. The summed E-state index contributed by atoms with van der Waals surface area (Å²) < 4.78 is 3.78. The van der Waals surface area contributed by atoms with Crippen molar-refractivity contribution < 1.29 is 0 Å². The van der Waals surface area contributed by atoms with E-state index in [2.05, 4.69) is 89.6 Å². The molecule has 0 saturated heterocycles. The van der Waals surface area contributed by atoms with Gasteiger partial charge in [-0.05, 0) is 0 Å². The molecule has 0 aliphatic carbocycles. The van der Waals surface area contributed by atoms with Crippen molar-refractivity contribution in [3.63, 3.8) is 0 Å². The van der Waals surface area contributed by atoms with Crippen LogP contribution in [0.3, 0.4) is 0 Å². The molecule has 1 aromatic heterocycles. The molecule has 0 spiro atoms. The first kappa shape index (κ1) is 16.1. The SMILES string of the molecule is C[C](C)(C)[Sn]([n]1cccc1)([C](C)(C)C)[C](C)(C)C. The zero-order valence-electron chi connectivity index (χ0n) is 13.8. The van der Waals surface area contributed by atoms with Gasteiger partial charge in [-0.15, -0.1) is 0 Å². The van der Waals surface area contributed by atoms with Crippen molar-refractivity contribution in [1.29, 1.82) is 0 Å². The minimum absolute atomic E-state index is 0.379. The summed E-state index contributed by atoms with van der Waals surface area (Å²) in [5.74, 6) is 0. The van der Waals surface area contributed by atoms with E-state index in [4.69, 9.17) is 0 Å². The van der Waals surface area contributed by atoms with Crippen LogP contribution in [0.1, 0.15) is 62.3 Å². The molecule has 18 heavy (non-hydrogen) atoms. The zero-order chi connectivity index (χ0) is 14.4. The van der Waals surface area contributed by atoms with Gasteiger partial charge in [0, 0.05) is 0 Å². The second-order valence-electron chi connectivity index (χ2n) is 8.55. The van der Waals surface area contributed by atoms with Gasteiger partial charge in [-0.1, -0.05) is 0 Å². The Labute approximate surface area is 118 Å². The van der Waals surface area contributed by atoms with E-state index in [1.165, 1.54) is 0 Å². The molecule has 0 saturated carbocycles. The van der Waals surface area contributed by atoms with Gasteiger partial charge >= 0.3 is 119 Å². The molecule has 0 aromatic carbocycles. The average molecular weight is 356 g/mol. The quantitative estimate of drug-likeness (QED) is 0.571. The molecule has 0 bridgehead atoms. The first-order valence-electron chi connectivity index (χ1n) is 6.99. The van der Waals surface area contributed by atoms with Gasteiger partial charge in [0.25, 0.3) is 0 Å². The van der Waals surface area contributed by atoms with Crippen LogP contribution in [0.15, 0.2) is 24.5 Å². The topological polar surface area (TPSA) is 4.93 Å². The second kappa shape index (κ2) is 4.57. The van der Waals surface area contributed by atoms with E-state index in [1.54, 1.807) is 0 Å². The predicted octanol–water partition coefficient (Wildman–Crippen LogP) is 5.68. The summed E-state index contributed by atoms with van der Waals surface area (Å²) in [6, 6.07) is 4.38. The first-order valence-corrected chi connectivity index (χ1v) is 12.5. The summed E-state index contributed by atoms with van der Waals surface area (Å²) in [5, 5.41) is 0. The van der Waals surface area contributed by atoms with Crippen LogP contribution in [-0.4, -0.2) is 21.4 Å². The molecular weight excluding hydrogens is 325 g/mol. The first-order chi connectivity index (χ1) is 7.86. The van der Waals surface area contributed by atoms with Crippen molar-refractivity contribution in [2.45, 2.75) is 72.6 Å². The summed E-state index contributed by atoms with van der Waals surface area (Å²) in [4.78, 5) is 0. The van der Waals surface area contributed by atoms with Crippen LogP contribution in [0, 0.1) is 0 Å². The van der Waals surface area contributed by atoms with E-state index in [9.17, 15) is 0 Å². The van der Waals surface area contributed by atoms with E-state index in [1.807, 2.05) is 0 Å². The Morgan fingerprint density at radius 3 is 1.11 bits per heavy atom. The standard InChI is InChI=1S/C4H4N.3C4H9.Sn/c1-2-4-5-3-1;3*1-4(2)3;/h1-4H;3*1-3H3;/q-1;;;;+1.